The lowest BCUT2D eigenvalue weighted by molar-refractivity contribution is 0.174. The van der Waals surface area contributed by atoms with Crippen LogP contribution in [-0.4, -0.2) is 33.2 Å². The van der Waals surface area contributed by atoms with E-state index in [9.17, 15) is 5.11 Å². The molecule has 7 nitrogen and oxygen atoms in total. The fourth-order valence-corrected chi connectivity index (χ4v) is 3.60. The van der Waals surface area contributed by atoms with E-state index in [-0.39, 0.29) is 6.79 Å². The Labute approximate surface area is 150 Å². The lowest BCUT2D eigenvalue weighted by Gasteiger charge is -2.29. The van der Waals surface area contributed by atoms with Crippen LogP contribution in [0.1, 0.15) is 11.1 Å². The first kappa shape index (κ1) is 15.1. The van der Waals surface area contributed by atoms with E-state index in [0.29, 0.717) is 12.3 Å². The predicted molar refractivity (Wildman–Crippen MR) is 95.4 cm³/mol. The van der Waals surface area contributed by atoms with Crippen molar-refractivity contribution in [1.29, 1.82) is 0 Å². The van der Waals surface area contributed by atoms with E-state index in [1.54, 1.807) is 6.07 Å². The van der Waals surface area contributed by atoms with Crippen molar-refractivity contribution < 1.29 is 14.6 Å². The second kappa shape index (κ2) is 5.66. The summed E-state index contributed by atoms with van der Waals surface area (Å²) in [5.74, 6) is 3.37. The Balaban J connectivity index is 1.47. The average Bonchev–Trinajstić information content (AvgIpc) is 3.26. The molecule has 0 amide bonds. The number of hydrogen-bond acceptors (Lipinski definition) is 6. The van der Waals surface area contributed by atoms with E-state index in [4.69, 9.17) is 9.47 Å². The number of hydrogen-bond donors (Lipinski definition) is 1. The van der Waals surface area contributed by atoms with Crippen molar-refractivity contribution in [2.75, 3.05) is 18.2 Å². The van der Waals surface area contributed by atoms with Crippen LogP contribution in [-0.2, 0) is 20.0 Å². The van der Waals surface area contributed by atoms with E-state index in [1.165, 1.54) is 5.56 Å². The molecular formula is C19H18N4O3. The minimum absolute atomic E-state index is 0.253. The molecule has 0 aliphatic carbocycles. The second-order valence-electron chi connectivity index (χ2n) is 6.58. The first-order chi connectivity index (χ1) is 12.7. The van der Waals surface area contributed by atoms with Crippen molar-refractivity contribution in [2.24, 2.45) is 7.05 Å². The van der Waals surface area contributed by atoms with Gasteiger partial charge in [-0.3, -0.25) is 4.57 Å². The topological polar surface area (TPSA) is 72.6 Å². The first-order valence-corrected chi connectivity index (χ1v) is 8.54. The highest BCUT2D eigenvalue weighted by Gasteiger charge is 2.23. The maximum absolute atomic E-state index is 9.76. The number of aromatic hydroxyl groups is 1. The van der Waals surface area contributed by atoms with Gasteiger partial charge in [0.25, 0.3) is 0 Å². The van der Waals surface area contributed by atoms with Gasteiger partial charge in [0.2, 0.25) is 12.7 Å². The highest BCUT2D eigenvalue weighted by molar-refractivity contribution is 5.63. The summed E-state index contributed by atoms with van der Waals surface area (Å²) < 4.78 is 12.8. The number of phenolic OH excluding ortho intramolecular Hbond substituents is 1. The van der Waals surface area contributed by atoms with Gasteiger partial charge in [0.05, 0.1) is 0 Å². The molecule has 1 N–H and O–H groups in total. The van der Waals surface area contributed by atoms with Crippen molar-refractivity contribution in [1.82, 2.24) is 14.8 Å². The molecule has 0 radical (unpaired) electrons. The molecule has 0 saturated heterocycles. The van der Waals surface area contributed by atoms with Gasteiger partial charge in [0.1, 0.15) is 5.75 Å². The van der Waals surface area contributed by atoms with Crippen LogP contribution in [0.3, 0.4) is 0 Å². The van der Waals surface area contributed by atoms with Crippen LogP contribution in [0.5, 0.6) is 17.2 Å². The zero-order valence-electron chi connectivity index (χ0n) is 14.3. The van der Waals surface area contributed by atoms with Crippen LogP contribution >= 0.6 is 0 Å². The van der Waals surface area contributed by atoms with E-state index in [2.05, 4.69) is 15.1 Å². The SMILES string of the molecule is Cn1c(-c2ccc3c(c2)OCO3)nnc1N1CCc2ccc(O)cc2C1. The number of benzene rings is 2. The molecule has 1 aromatic heterocycles. The van der Waals surface area contributed by atoms with Gasteiger partial charge < -0.3 is 19.5 Å². The maximum atomic E-state index is 9.76. The molecule has 3 aromatic rings. The number of ether oxygens (including phenoxy) is 2. The summed E-state index contributed by atoms with van der Waals surface area (Å²) in [6, 6.07) is 11.4. The van der Waals surface area contributed by atoms with Crippen molar-refractivity contribution in [3.05, 3.63) is 47.5 Å². The largest absolute Gasteiger partial charge is 0.508 e. The number of fused-ring (bicyclic) bond motifs is 2. The van der Waals surface area contributed by atoms with Crippen molar-refractivity contribution >= 4 is 5.95 Å². The molecule has 132 valence electrons. The fraction of sp³-hybridized carbons (Fsp3) is 0.263. The van der Waals surface area contributed by atoms with Crippen LogP contribution in [0.4, 0.5) is 5.95 Å². The zero-order valence-corrected chi connectivity index (χ0v) is 14.3. The number of aromatic nitrogens is 3. The van der Waals surface area contributed by atoms with Crippen LogP contribution in [0.2, 0.25) is 0 Å². The molecule has 0 atom stereocenters. The predicted octanol–water partition coefficient (Wildman–Crippen LogP) is 2.48. The smallest absolute Gasteiger partial charge is 0.231 e. The van der Waals surface area contributed by atoms with Crippen molar-refractivity contribution in [3.8, 4) is 28.6 Å². The number of rotatable bonds is 2. The Kier molecular flexibility index (Phi) is 3.28. The van der Waals surface area contributed by atoms with Gasteiger partial charge in [-0.2, -0.15) is 0 Å². The fourth-order valence-electron chi connectivity index (χ4n) is 3.60. The number of phenols is 1. The Hall–Kier alpha value is -3.22. The maximum Gasteiger partial charge on any atom is 0.231 e. The lowest BCUT2D eigenvalue weighted by atomic mass is 10.00. The highest BCUT2D eigenvalue weighted by Crippen LogP contribution is 2.36. The third-order valence-electron chi connectivity index (χ3n) is 4.97. The van der Waals surface area contributed by atoms with Crippen molar-refractivity contribution in [2.45, 2.75) is 13.0 Å². The van der Waals surface area contributed by atoms with Crippen LogP contribution < -0.4 is 14.4 Å². The summed E-state index contributed by atoms with van der Waals surface area (Å²) in [5, 5.41) is 18.6. The van der Waals surface area contributed by atoms with Crippen LogP contribution in [0.25, 0.3) is 11.4 Å². The van der Waals surface area contributed by atoms with E-state index >= 15 is 0 Å². The van der Waals surface area contributed by atoms with Crippen LogP contribution in [0, 0.1) is 0 Å². The molecule has 2 aliphatic rings. The van der Waals surface area contributed by atoms with Gasteiger partial charge >= 0.3 is 0 Å². The molecule has 0 saturated carbocycles. The van der Waals surface area contributed by atoms with Crippen LogP contribution in [0.15, 0.2) is 36.4 Å². The normalized spacial score (nSPS) is 15.2. The molecule has 0 bridgehead atoms. The number of anilines is 1. The molecule has 26 heavy (non-hydrogen) atoms. The summed E-state index contributed by atoms with van der Waals surface area (Å²) in [4.78, 5) is 2.19. The minimum atomic E-state index is 0.253. The van der Waals surface area contributed by atoms with Gasteiger partial charge in [0, 0.05) is 25.7 Å². The Bertz CT molecular complexity index is 998. The number of nitrogens with zero attached hydrogens (tertiary/aromatic N) is 4. The summed E-state index contributed by atoms with van der Waals surface area (Å²) in [6.45, 7) is 1.82. The Morgan fingerprint density at radius 2 is 1.88 bits per heavy atom. The highest BCUT2D eigenvalue weighted by atomic mass is 16.7. The molecule has 0 unspecified atom stereocenters. The molecule has 0 spiro atoms. The van der Waals surface area contributed by atoms with Gasteiger partial charge in [-0.1, -0.05) is 6.07 Å². The Morgan fingerprint density at radius 1 is 1.00 bits per heavy atom. The minimum Gasteiger partial charge on any atom is -0.508 e. The molecule has 2 aromatic carbocycles. The summed E-state index contributed by atoms with van der Waals surface area (Å²) in [6.07, 6.45) is 0.918. The van der Waals surface area contributed by atoms with Gasteiger partial charge in [-0.25, -0.2) is 0 Å². The Morgan fingerprint density at radius 3 is 2.81 bits per heavy atom. The van der Waals surface area contributed by atoms with E-state index in [1.807, 2.05) is 41.9 Å². The summed E-state index contributed by atoms with van der Waals surface area (Å²) in [7, 11) is 1.97. The first-order valence-electron chi connectivity index (χ1n) is 8.54. The third kappa shape index (κ3) is 2.35. The zero-order chi connectivity index (χ0) is 17.7. The molecular weight excluding hydrogens is 332 g/mol. The standard InChI is InChI=1S/C19H18N4O3/c1-22-18(13-3-5-16-17(9-13)26-11-25-16)20-21-19(22)23-7-6-12-2-4-15(24)8-14(12)10-23/h2-5,8-9,24H,6-7,10-11H2,1H3. The summed E-state index contributed by atoms with van der Waals surface area (Å²) in [5.41, 5.74) is 3.34. The summed E-state index contributed by atoms with van der Waals surface area (Å²) >= 11 is 0. The lowest BCUT2D eigenvalue weighted by Crippen LogP contribution is -2.32. The monoisotopic (exact) mass is 350 g/mol. The van der Waals surface area contributed by atoms with Crippen molar-refractivity contribution in [3.63, 3.8) is 0 Å². The van der Waals surface area contributed by atoms with Gasteiger partial charge in [-0.05, 0) is 47.9 Å². The molecule has 3 heterocycles. The van der Waals surface area contributed by atoms with Gasteiger partial charge in [0.15, 0.2) is 17.3 Å². The molecule has 5 rings (SSSR count). The van der Waals surface area contributed by atoms with Gasteiger partial charge in [-0.15, -0.1) is 10.2 Å². The molecule has 2 aliphatic heterocycles. The molecule has 0 fully saturated rings. The third-order valence-corrected chi connectivity index (χ3v) is 4.97. The quantitative estimate of drug-likeness (QED) is 0.765. The van der Waals surface area contributed by atoms with E-state index < -0.39 is 0 Å². The molecule has 7 heteroatoms. The second-order valence-corrected chi connectivity index (χ2v) is 6.58. The van der Waals surface area contributed by atoms with E-state index in [0.717, 1.165) is 47.4 Å². The average molecular weight is 350 g/mol.